The molecule has 3 aromatic rings. The number of carbonyl (C=O) groups excluding carboxylic acids is 2. The van der Waals surface area contributed by atoms with Crippen LogP contribution in [0, 0.1) is 17.1 Å². The van der Waals surface area contributed by atoms with Crippen molar-refractivity contribution >= 4 is 29.2 Å². The monoisotopic (exact) mass is 421 g/mol. The summed E-state index contributed by atoms with van der Waals surface area (Å²) in [6.07, 6.45) is 2.84. The smallest absolute Gasteiger partial charge is 0.276 e. The molecule has 0 bridgehead atoms. The summed E-state index contributed by atoms with van der Waals surface area (Å²) in [4.78, 5) is 25.1. The number of hydrogen-bond acceptors (Lipinski definition) is 5. The van der Waals surface area contributed by atoms with Gasteiger partial charge in [-0.1, -0.05) is 18.2 Å². The minimum Gasteiger partial charge on any atom is -0.484 e. The van der Waals surface area contributed by atoms with Gasteiger partial charge in [0.05, 0.1) is 11.6 Å². The second-order valence-electron chi connectivity index (χ2n) is 5.98. The van der Waals surface area contributed by atoms with E-state index in [-0.39, 0.29) is 12.4 Å². The number of nitriles is 1. The van der Waals surface area contributed by atoms with Crippen molar-refractivity contribution in [2.24, 2.45) is 0 Å². The van der Waals surface area contributed by atoms with Crippen LogP contribution in [0.5, 0.6) is 5.75 Å². The molecule has 150 valence electrons. The van der Waals surface area contributed by atoms with Crippen molar-refractivity contribution in [3.05, 3.63) is 83.0 Å². The molecule has 0 unspecified atom stereocenters. The van der Waals surface area contributed by atoms with Crippen molar-refractivity contribution in [2.75, 3.05) is 6.61 Å². The normalized spacial score (nSPS) is 10.4. The average molecular weight is 421 g/mol. The Kier molecular flexibility index (Phi) is 6.92. The molecule has 1 heterocycles. The highest BCUT2D eigenvalue weighted by Gasteiger charge is 2.07. The van der Waals surface area contributed by atoms with E-state index in [0.717, 1.165) is 9.75 Å². The molecule has 0 saturated carbocycles. The molecule has 6 nitrogen and oxygen atoms in total. The second kappa shape index (κ2) is 10.0. The number of hydrogen-bond donors (Lipinski definition) is 2. The van der Waals surface area contributed by atoms with Gasteiger partial charge >= 0.3 is 0 Å². The molecule has 2 aromatic carbocycles. The lowest BCUT2D eigenvalue weighted by Crippen LogP contribution is -2.43. The zero-order chi connectivity index (χ0) is 21.3. The third-order valence-corrected chi connectivity index (χ3v) is 4.93. The fourth-order valence-electron chi connectivity index (χ4n) is 2.39. The first kappa shape index (κ1) is 20.8. The Morgan fingerprint density at radius 1 is 1.07 bits per heavy atom. The average Bonchev–Trinajstić information content (AvgIpc) is 3.24. The van der Waals surface area contributed by atoms with Gasteiger partial charge in [-0.05, 0) is 48.5 Å². The first-order valence-corrected chi connectivity index (χ1v) is 9.61. The Morgan fingerprint density at radius 2 is 1.83 bits per heavy atom. The lowest BCUT2D eigenvalue weighted by atomic mass is 10.2. The summed E-state index contributed by atoms with van der Waals surface area (Å²) < 4.78 is 19.1. The van der Waals surface area contributed by atoms with Crippen LogP contribution >= 0.6 is 11.3 Å². The van der Waals surface area contributed by atoms with Crippen LogP contribution in [0.25, 0.3) is 16.5 Å². The van der Waals surface area contributed by atoms with E-state index in [0.29, 0.717) is 16.9 Å². The molecule has 0 radical (unpaired) electrons. The van der Waals surface area contributed by atoms with Gasteiger partial charge in [-0.3, -0.25) is 20.4 Å². The van der Waals surface area contributed by atoms with Crippen LogP contribution < -0.4 is 15.6 Å². The number of amides is 2. The van der Waals surface area contributed by atoms with Crippen LogP contribution in [-0.2, 0) is 9.59 Å². The molecular weight excluding hydrogens is 405 g/mol. The fourth-order valence-corrected chi connectivity index (χ4v) is 3.33. The molecule has 8 heteroatoms. The standard InChI is InChI=1S/C22H16FN3O3S/c23-19-4-2-1-3-18(19)20-11-9-17(30-20)10-12-21(27)25-26-22(28)14-29-16-7-5-15(13-24)6-8-16/h1-12H,14H2,(H,25,27)(H,26,28). The quantitative estimate of drug-likeness (QED) is 0.469. The maximum atomic E-state index is 13.8. The number of benzene rings is 2. The summed E-state index contributed by atoms with van der Waals surface area (Å²) in [5.74, 6) is -0.945. The number of thiophene rings is 1. The highest BCUT2D eigenvalue weighted by atomic mass is 32.1. The summed E-state index contributed by atoms with van der Waals surface area (Å²) >= 11 is 1.34. The Labute approximate surface area is 176 Å². The van der Waals surface area contributed by atoms with Crippen LogP contribution in [-0.4, -0.2) is 18.4 Å². The maximum absolute atomic E-state index is 13.8. The molecular formula is C22H16FN3O3S. The molecule has 2 N–H and O–H groups in total. The van der Waals surface area contributed by atoms with Crippen LogP contribution in [0.15, 0.2) is 66.7 Å². The third-order valence-electron chi connectivity index (χ3n) is 3.84. The van der Waals surface area contributed by atoms with E-state index in [9.17, 15) is 14.0 Å². The number of rotatable bonds is 6. The molecule has 2 amide bonds. The van der Waals surface area contributed by atoms with Gasteiger partial charge in [0.15, 0.2) is 6.61 Å². The molecule has 0 atom stereocenters. The number of hydrazine groups is 1. The Hall–Kier alpha value is -3.96. The summed E-state index contributed by atoms with van der Waals surface area (Å²) in [6, 6.07) is 18.3. The van der Waals surface area contributed by atoms with Gasteiger partial charge in [0.2, 0.25) is 0 Å². The Balaban J connectivity index is 1.45. The largest absolute Gasteiger partial charge is 0.484 e. The molecule has 3 rings (SSSR count). The van der Waals surface area contributed by atoms with Gasteiger partial charge in [-0.25, -0.2) is 4.39 Å². The van der Waals surface area contributed by atoms with Gasteiger partial charge in [0.25, 0.3) is 11.8 Å². The number of carbonyl (C=O) groups is 2. The molecule has 0 saturated heterocycles. The summed E-state index contributed by atoms with van der Waals surface area (Å²) in [7, 11) is 0. The highest BCUT2D eigenvalue weighted by Crippen LogP contribution is 2.30. The zero-order valence-electron chi connectivity index (χ0n) is 15.6. The van der Waals surface area contributed by atoms with E-state index in [1.165, 1.54) is 23.5 Å². The second-order valence-corrected chi connectivity index (χ2v) is 7.09. The molecule has 0 spiro atoms. The molecule has 0 fully saturated rings. The van der Waals surface area contributed by atoms with Crippen LogP contribution in [0.2, 0.25) is 0 Å². The van der Waals surface area contributed by atoms with Gasteiger partial charge in [-0.2, -0.15) is 5.26 Å². The summed E-state index contributed by atoms with van der Waals surface area (Å²) in [5, 5.41) is 8.73. The van der Waals surface area contributed by atoms with Crippen molar-refractivity contribution in [1.29, 1.82) is 5.26 Å². The van der Waals surface area contributed by atoms with Crippen LogP contribution in [0.4, 0.5) is 4.39 Å². The van der Waals surface area contributed by atoms with Gasteiger partial charge in [-0.15, -0.1) is 11.3 Å². The Morgan fingerprint density at radius 3 is 2.57 bits per heavy atom. The van der Waals surface area contributed by atoms with Gasteiger partial charge in [0, 0.05) is 21.4 Å². The van der Waals surface area contributed by atoms with Crippen molar-refractivity contribution in [3.63, 3.8) is 0 Å². The highest BCUT2D eigenvalue weighted by molar-refractivity contribution is 7.16. The van der Waals surface area contributed by atoms with E-state index in [4.69, 9.17) is 10.00 Å². The zero-order valence-corrected chi connectivity index (χ0v) is 16.4. The minimum absolute atomic E-state index is 0.299. The lowest BCUT2D eigenvalue weighted by molar-refractivity contribution is -0.128. The van der Waals surface area contributed by atoms with Crippen molar-refractivity contribution in [1.82, 2.24) is 10.9 Å². The van der Waals surface area contributed by atoms with E-state index in [1.807, 2.05) is 6.07 Å². The van der Waals surface area contributed by atoms with Crippen LogP contribution in [0.3, 0.4) is 0 Å². The predicted molar refractivity (Wildman–Crippen MR) is 112 cm³/mol. The van der Waals surface area contributed by atoms with Crippen molar-refractivity contribution in [2.45, 2.75) is 0 Å². The van der Waals surface area contributed by atoms with Gasteiger partial charge in [0.1, 0.15) is 11.6 Å². The first-order valence-electron chi connectivity index (χ1n) is 8.80. The van der Waals surface area contributed by atoms with Crippen molar-refractivity contribution in [3.8, 4) is 22.3 Å². The topological polar surface area (TPSA) is 91.2 Å². The number of nitrogens with one attached hydrogen (secondary N) is 2. The van der Waals surface area contributed by atoms with Gasteiger partial charge < -0.3 is 4.74 Å². The lowest BCUT2D eigenvalue weighted by Gasteiger charge is -2.07. The molecule has 0 aliphatic rings. The molecule has 30 heavy (non-hydrogen) atoms. The fraction of sp³-hybridized carbons (Fsp3) is 0.0455. The predicted octanol–water partition coefficient (Wildman–Crippen LogP) is 3.67. The van der Waals surface area contributed by atoms with E-state index < -0.39 is 11.8 Å². The number of halogens is 1. The Bertz CT molecular complexity index is 1120. The molecule has 0 aliphatic carbocycles. The van der Waals surface area contributed by atoms with E-state index >= 15 is 0 Å². The number of nitrogens with zero attached hydrogens (tertiary/aromatic N) is 1. The molecule has 0 aliphatic heterocycles. The first-order chi connectivity index (χ1) is 14.5. The van der Waals surface area contributed by atoms with Crippen molar-refractivity contribution < 1.29 is 18.7 Å². The van der Waals surface area contributed by atoms with E-state index in [2.05, 4.69) is 10.9 Å². The SMILES string of the molecule is N#Cc1ccc(OCC(=O)NNC(=O)C=Cc2ccc(-c3ccccc3F)s2)cc1. The number of ether oxygens (including phenoxy) is 1. The third kappa shape index (κ3) is 5.77. The molecule has 1 aromatic heterocycles. The van der Waals surface area contributed by atoms with Crippen LogP contribution in [0.1, 0.15) is 10.4 Å². The summed E-state index contributed by atoms with van der Waals surface area (Å²) in [5.41, 5.74) is 5.47. The summed E-state index contributed by atoms with van der Waals surface area (Å²) in [6.45, 7) is -0.299. The minimum atomic E-state index is -0.543. The van der Waals surface area contributed by atoms with E-state index in [1.54, 1.807) is 60.7 Å². The maximum Gasteiger partial charge on any atom is 0.276 e.